The predicted molar refractivity (Wildman–Crippen MR) is 43.7 cm³/mol. The van der Waals surface area contributed by atoms with E-state index in [0.717, 1.165) is 0 Å². The summed E-state index contributed by atoms with van der Waals surface area (Å²) in [5.41, 5.74) is 0. The van der Waals surface area contributed by atoms with Crippen molar-refractivity contribution >= 4 is 23.4 Å². The second kappa shape index (κ2) is 2.44. The van der Waals surface area contributed by atoms with E-state index in [1.165, 1.54) is 11.5 Å². The van der Waals surface area contributed by atoms with E-state index >= 15 is 0 Å². The first-order valence-electron chi connectivity index (χ1n) is 2.86. The first-order chi connectivity index (χ1) is 4.50. The van der Waals surface area contributed by atoms with E-state index in [2.05, 4.69) is 9.36 Å². The number of hydrogen-bond acceptors (Lipinski definition) is 4. The van der Waals surface area contributed by atoms with Crippen LogP contribution in [0.1, 0.15) is 5.82 Å². The van der Waals surface area contributed by atoms with Gasteiger partial charge in [-0.1, -0.05) is 0 Å². The standard InChI is InChI=1S/C5H9N2OPS/c1-4-6-5(10-7-4)9(2,3)8/h1-3H3. The number of aryl methyl sites for hydroxylation is 1. The molecule has 56 valence electrons. The Kier molecular flexibility index (Phi) is 1.92. The molecule has 5 heteroatoms. The third-order valence-electron chi connectivity index (χ3n) is 0.978. The molecule has 0 radical (unpaired) electrons. The molecule has 0 aliphatic heterocycles. The summed E-state index contributed by atoms with van der Waals surface area (Å²) in [5.74, 6) is 0.712. The van der Waals surface area contributed by atoms with Crippen LogP contribution in [0, 0.1) is 6.92 Å². The van der Waals surface area contributed by atoms with Gasteiger partial charge in [-0.05, 0) is 31.8 Å². The molecule has 0 bridgehead atoms. The molecule has 0 spiro atoms. The second-order valence-electron chi connectivity index (χ2n) is 2.48. The molecule has 0 N–H and O–H groups in total. The molecule has 0 aromatic carbocycles. The van der Waals surface area contributed by atoms with Crippen molar-refractivity contribution in [1.82, 2.24) is 9.36 Å². The van der Waals surface area contributed by atoms with Crippen LogP contribution in [0.2, 0.25) is 0 Å². The fourth-order valence-electron chi connectivity index (χ4n) is 0.505. The highest BCUT2D eigenvalue weighted by Gasteiger charge is 2.15. The Hall–Kier alpha value is -0.210. The van der Waals surface area contributed by atoms with E-state index in [9.17, 15) is 4.57 Å². The van der Waals surface area contributed by atoms with E-state index in [0.29, 0.717) is 10.6 Å². The van der Waals surface area contributed by atoms with Crippen LogP contribution in [0.5, 0.6) is 0 Å². The van der Waals surface area contributed by atoms with Crippen molar-refractivity contribution in [1.29, 1.82) is 0 Å². The Balaban J connectivity index is 3.08. The van der Waals surface area contributed by atoms with Crippen LogP contribution in [0.25, 0.3) is 0 Å². The van der Waals surface area contributed by atoms with Crippen molar-refractivity contribution in [2.45, 2.75) is 6.92 Å². The molecule has 1 aromatic heterocycles. The van der Waals surface area contributed by atoms with Gasteiger partial charge in [0.25, 0.3) is 0 Å². The quantitative estimate of drug-likeness (QED) is 0.601. The third-order valence-corrected chi connectivity index (χ3v) is 4.17. The van der Waals surface area contributed by atoms with Crippen molar-refractivity contribution in [3.8, 4) is 0 Å². The van der Waals surface area contributed by atoms with Gasteiger partial charge in [0.1, 0.15) is 13.0 Å². The summed E-state index contributed by atoms with van der Waals surface area (Å²) in [6.07, 6.45) is 0. The van der Waals surface area contributed by atoms with Gasteiger partial charge in [-0.25, -0.2) is 4.98 Å². The second-order valence-corrected chi connectivity index (χ2v) is 6.65. The van der Waals surface area contributed by atoms with Crippen molar-refractivity contribution in [2.24, 2.45) is 0 Å². The lowest BCUT2D eigenvalue weighted by Crippen LogP contribution is -2.00. The van der Waals surface area contributed by atoms with Gasteiger partial charge in [0.15, 0.2) is 4.75 Å². The maximum atomic E-state index is 11.3. The fourth-order valence-corrected chi connectivity index (χ4v) is 2.23. The van der Waals surface area contributed by atoms with Gasteiger partial charge in [0.05, 0.1) is 0 Å². The summed E-state index contributed by atoms with van der Waals surface area (Å²) in [6, 6.07) is 0. The number of hydrogen-bond donors (Lipinski definition) is 0. The van der Waals surface area contributed by atoms with Crippen molar-refractivity contribution in [3.63, 3.8) is 0 Å². The zero-order valence-corrected chi connectivity index (χ0v) is 7.87. The average Bonchev–Trinajstić information content (AvgIpc) is 2.11. The molecule has 0 saturated heterocycles. The zero-order chi connectivity index (χ0) is 7.78. The molecule has 1 rings (SSSR count). The van der Waals surface area contributed by atoms with Gasteiger partial charge in [-0.15, -0.1) is 0 Å². The van der Waals surface area contributed by atoms with Crippen LogP contribution in [-0.2, 0) is 4.57 Å². The maximum Gasteiger partial charge on any atom is 0.172 e. The van der Waals surface area contributed by atoms with Crippen molar-refractivity contribution in [2.75, 3.05) is 13.3 Å². The van der Waals surface area contributed by atoms with Crippen molar-refractivity contribution < 1.29 is 4.57 Å². The Morgan fingerprint density at radius 2 is 2.10 bits per heavy atom. The van der Waals surface area contributed by atoms with Crippen LogP contribution in [0.3, 0.4) is 0 Å². The minimum absolute atomic E-state index is 0.671. The monoisotopic (exact) mass is 176 g/mol. The highest BCUT2D eigenvalue weighted by molar-refractivity contribution is 7.74. The molecular formula is C5H9N2OPS. The lowest BCUT2D eigenvalue weighted by Gasteiger charge is -1.96. The topological polar surface area (TPSA) is 42.9 Å². The highest BCUT2D eigenvalue weighted by Crippen LogP contribution is 2.34. The average molecular weight is 176 g/mol. The highest BCUT2D eigenvalue weighted by atomic mass is 32.1. The van der Waals surface area contributed by atoms with E-state index in [1.54, 1.807) is 20.3 Å². The zero-order valence-electron chi connectivity index (χ0n) is 6.16. The van der Waals surface area contributed by atoms with Crippen LogP contribution < -0.4 is 4.75 Å². The summed E-state index contributed by atoms with van der Waals surface area (Å²) in [5, 5.41) is 0. The summed E-state index contributed by atoms with van der Waals surface area (Å²) in [4.78, 5) is 4.03. The predicted octanol–water partition coefficient (Wildman–Crippen LogP) is 1.09. The molecule has 0 unspecified atom stereocenters. The summed E-state index contributed by atoms with van der Waals surface area (Å²) in [6.45, 7) is 5.20. The van der Waals surface area contributed by atoms with E-state index in [-0.39, 0.29) is 0 Å². The molecule has 1 heterocycles. The SMILES string of the molecule is Cc1nsc(P(C)(C)=O)n1. The molecule has 0 saturated carbocycles. The van der Waals surface area contributed by atoms with E-state index < -0.39 is 7.14 Å². The summed E-state index contributed by atoms with van der Waals surface area (Å²) >= 11 is 1.23. The van der Waals surface area contributed by atoms with Crippen molar-refractivity contribution in [3.05, 3.63) is 5.82 Å². The normalized spacial score (nSPS) is 11.9. The van der Waals surface area contributed by atoms with Crippen LogP contribution in [-0.4, -0.2) is 22.7 Å². The molecule has 0 amide bonds. The molecular weight excluding hydrogens is 167 g/mol. The van der Waals surface area contributed by atoms with Gasteiger partial charge >= 0.3 is 0 Å². The minimum atomic E-state index is -2.15. The Labute approximate surface area is 64.0 Å². The number of nitrogens with zero attached hydrogens (tertiary/aromatic N) is 2. The summed E-state index contributed by atoms with van der Waals surface area (Å²) in [7, 11) is -2.15. The van der Waals surface area contributed by atoms with Gasteiger partial charge in [-0.3, -0.25) is 0 Å². The molecule has 1 aromatic rings. The Bertz CT molecular complexity index is 277. The fraction of sp³-hybridized carbons (Fsp3) is 0.600. The first kappa shape index (κ1) is 7.89. The molecule has 10 heavy (non-hydrogen) atoms. The van der Waals surface area contributed by atoms with Crippen LogP contribution in [0.15, 0.2) is 0 Å². The minimum Gasteiger partial charge on any atom is -0.317 e. The van der Waals surface area contributed by atoms with E-state index in [1.807, 2.05) is 0 Å². The molecule has 0 atom stereocenters. The Morgan fingerprint density at radius 1 is 1.50 bits per heavy atom. The van der Waals surface area contributed by atoms with Gasteiger partial charge < -0.3 is 4.57 Å². The van der Waals surface area contributed by atoms with Gasteiger partial charge in [0, 0.05) is 0 Å². The Morgan fingerprint density at radius 3 is 2.30 bits per heavy atom. The van der Waals surface area contributed by atoms with Gasteiger partial charge in [0.2, 0.25) is 0 Å². The smallest absolute Gasteiger partial charge is 0.172 e. The first-order valence-corrected chi connectivity index (χ1v) is 6.23. The van der Waals surface area contributed by atoms with Crippen LogP contribution in [0.4, 0.5) is 0 Å². The van der Waals surface area contributed by atoms with E-state index in [4.69, 9.17) is 0 Å². The molecule has 0 aliphatic rings. The van der Waals surface area contributed by atoms with Crippen LogP contribution >= 0.6 is 18.7 Å². The lowest BCUT2D eigenvalue weighted by molar-refractivity contribution is 0.588. The number of aromatic nitrogens is 2. The summed E-state index contributed by atoms with van der Waals surface area (Å²) < 4.78 is 16.0. The lowest BCUT2D eigenvalue weighted by atomic mass is 10.8. The largest absolute Gasteiger partial charge is 0.317 e. The molecule has 0 aliphatic carbocycles. The number of rotatable bonds is 1. The third kappa shape index (κ3) is 1.64. The van der Waals surface area contributed by atoms with Gasteiger partial charge in [-0.2, -0.15) is 4.37 Å². The molecule has 0 fully saturated rings. The molecule has 3 nitrogen and oxygen atoms in total. The maximum absolute atomic E-state index is 11.3.